The molecule has 186 valence electrons. The van der Waals surface area contributed by atoms with Crippen molar-refractivity contribution in [1.82, 2.24) is 14.9 Å². The number of alkyl carbamates (subject to hydrolysis) is 1. The standard InChI is InChI=1S/C26H31N3O6/c1-19(30)33-16-26(2,3)23(35-25(31)28-18-32-4)24(29-15-14-27-17-29)34-22-12-10-21(11-13-22)20-8-6-5-7-9-20/h5-15,17,23-24H,16,18H2,1-4H3,(H,28,31). The molecule has 0 bridgehead atoms. The van der Waals surface area contributed by atoms with Crippen LogP contribution in [0.4, 0.5) is 4.79 Å². The van der Waals surface area contributed by atoms with Gasteiger partial charge in [0.15, 0.2) is 6.10 Å². The van der Waals surface area contributed by atoms with Crippen molar-refractivity contribution in [2.24, 2.45) is 5.41 Å². The minimum atomic E-state index is -0.873. The number of rotatable bonds is 11. The first-order valence-electron chi connectivity index (χ1n) is 11.2. The molecule has 3 rings (SSSR count). The number of amides is 1. The molecule has 0 saturated carbocycles. The quantitative estimate of drug-likeness (QED) is 0.320. The molecule has 3 aromatic rings. The Morgan fingerprint density at radius 2 is 1.74 bits per heavy atom. The number of carbonyl (C=O) groups is 2. The van der Waals surface area contributed by atoms with Crippen molar-refractivity contribution in [2.75, 3.05) is 20.4 Å². The lowest BCUT2D eigenvalue weighted by molar-refractivity contribution is -0.151. The summed E-state index contributed by atoms with van der Waals surface area (Å²) in [6, 6.07) is 17.6. The van der Waals surface area contributed by atoms with Gasteiger partial charge in [-0.05, 0) is 23.3 Å². The third-order valence-corrected chi connectivity index (χ3v) is 5.31. The first kappa shape index (κ1) is 25.8. The minimum absolute atomic E-state index is 0.00601. The van der Waals surface area contributed by atoms with Gasteiger partial charge in [0, 0.05) is 31.8 Å². The van der Waals surface area contributed by atoms with Gasteiger partial charge in [-0.25, -0.2) is 9.78 Å². The zero-order valence-electron chi connectivity index (χ0n) is 20.3. The van der Waals surface area contributed by atoms with Crippen molar-refractivity contribution in [2.45, 2.75) is 33.1 Å². The fourth-order valence-electron chi connectivity index (χ4n) is 3.46. The summed E-state index contributed by atoms with van der Waals surface area (Å²) in [5, 5.41) is 2.52. The van der Waals surface area contributed by atoms with Crippen LogP contribution in [0.25, 0.3) is 11.1 Å². The Kier molecular flexibility index (Phi) is 8.86. The van der Waals surface area contributed by atoms with Gasteiger partial charge in [-0.3, -0.25) is 14.7 Å². The van der Waals surface area contributed by atoms with E-state index in [1.807, 2.05) is 68.4 Å². The highest BCUT2D eigenvalue weighted by Crippen LogP contribution is 2.35. The number of carbonyl (C=O) groups excluding carboxylic acids is 2. The van der Waals surface area contributed by atoms with Crippen molar-refractivity contribution < 1.29 is 28.5 Å². The third kappa shape index (κ3) is 7.31. The lowest BCUT2D eigenvalue weighted by Gasteiger charge is -2.38. The molecule has 0 spiro atoms. The fraction of sp³-hybridized carbons (Fsp3) is 0.346. The normalized spacial score (nSPS) is 12.9. The van der Waals surface area contributed by atoms with Crippen LogP contribution in [0.1, 0.15) is 27.0 Å². The van der Waals surface area contributed by atoms with Crippen LogP contribution in [0.2, 0.25) is 0 Å². The predicted octanol–water partition coefficient (Wildman–Crippen LogP) is 4.42. The molecule has 1 N–H and O–H groups in total. The molecule has 9 heteroatoms. The zero-order chi connectivity index (χ0) is 25.3. The highest BCUT2D eigenvalue weighted by molar-refractivity contribution is 5.67. The van der Waals surface area contributed by atoms with Crippen molar-refractivity contribution in [3.8, 4) is 16.9 Å². The number of hydrogen-bond acceptors (Lipinski definition) is 7. The van der Waals surface area contributed by atoms with Crippen LogP contribution in [-0.4, -0.2) is 48.2 Å². The number of ether oxygens (including phenoxy) is 4. The van der Waals surface area contributed by atoms with Gasteiger partial charge in [0.2, 0.25) is 6.23 Å². The Morgan fingerprint density at radius 1 is 1.06 bits per heavy atom. The average Bonchev–Trinajstić information content (AvgIpc) is 3.39. The van der Waals surface area contributed by atoms with E-state index in [1.165, 1.54) is 14.0 Å². The number of aromatic nitrogens is 2. The second kappa shape index (κ2) is 12.0. The first-order valence-corrected chi connectivity index (χ1v) is 11.2. The minimum Gasteiger partial charge on any atom is -0.466 e. The van der Waals surface area contributed by atoms with E-state index < -0.39 is 29.8 Å². The number of benzene rings is 2. The molecule has 2 atom stereocenters. The zero-order valence-corrected chi connectivity index (χ0v) is 20.3. The Labute approximate surface area is 205 Å². The molecule has 0 saturated heterocycles. The maximum atomic E-state index is 12.5. The number of hydrogen-bond donors (Lipinski definition) is 1. The largest absolute Gasteiger partial charge is 0.466 e. The smallest absolute Gasteiger partial charge is 0.409 e. The van der Waals surface area contributed by atoms with Crippen LogP contribution in [0.3, 0.4) is 0 Å². The number of esters is 1. The van der Waals surface area contributed by atoms with Crippen LogP contribution in [0, 0.1) is 5.41 Å². The maximum Gasteiger partial charge on any atom is 0.409 e. The van der Waals surface area contributed by atoms with Crippen LogP contribution in [-0.2, 0) is 19.0 Å². The van der Waals surface area contributed by atoms with E-state index in [2.05, 4.69) is 10.3 Å². The highest BCUT2D eigenvalue weighted by atomic mass is 16.6. The third-order valence-electron chi connectivity index (χ3n) is 5.31. The average molecular weight is 482 g/mol. The summed E-state index contributed by atoms with van der Waals surface area (Å²) in [5.41, 5.74) is 1.30. The first-order chi connectivity index (χ1) is 16.8. The molecule has 2 unspecified atom stereocenters. The molecule has 0 aliphatic heterocycles. The van der Waals surface area contributed by atoms with E-state index in [-0.39, 0.29) is 13.3 Å². The predicted molar refractivity (Wildman–Crippen MR) is 129 cm³/mol. The fourth-order valence-corrected chi connectivity index (χ4v) is 3.46. The van der Waals surface area contributed by atoms with Crippen molar-refractivity contribution in [3.63, 3.8) is 0 Å². The maximum absolute atomic E-state index is 12.5. The Bertz CT molecular complexity index is 1070. The van der Waals surface area contributed by atoms with Gasteiger partial charge < -0.3 is 18.9 Å². The van der Waals surface area contributed by atoms with Crippen molar-refractivity contribution in [3.05, 3.63) is 73.3 Å². The van der Waals surface area contributed by atoms with Gasteiger partial charge in [-0.2, -0.15) is 0 Å². The number of methoxy groups -OCH3 is 1. The van der Waals surface area contributed by atoms with E-state index in [0.717, 1.165) is 11.1 Å². The molecule has 0 radical (unpaired) electrons. The highest BCUT2D eigenvalue weighted by Gasteiger charge is 2.42. The summed E-state index contributed by atoms with van der Waals surface area (Å²) in [5.74, 6) is 0.134. The molecular formula is C26H31N3O6. The van der Waals surface area contributed by atoms with Crippen LogP contribution >= 0.6 is 0 Å². The van der Waals surface area contributed by atoms with Gasteiger partial charge in [-0.15, -0.1) is 0 Å². The molecule has 0 aliphatic rings. The Balaban J connectivity index is 1.91. The summed E-state index contributed by atoms with van der Waals surface area (Å²) in [7, 11) is 1.46. The lowest BCUT2D eigenvalue weighted by Crippen LogP contribution is -2.47. The van der Waals surface area contributed by atoms with E-state index in [1.54, 1.807) is 23.3 Å². The second-order valence-corrected chi connectivity index (χ2v) is 8.61. The molecule has 35 heavy (non-hydrogen) atoms. The van der Waals surface area contributed by atoms with Gasteiger partial charge >= 0.3 is 12.1 Å². The molecule has 2 aromatic carbocycles. The lowest BCUT2D eigenvalue weighted by atomic mass is 9.86. The Morgan fingerprint density at radius 3 is 2.34 bits per heavy atom. The van der Waals surface area contributed by atoms with Gasteiger partial charge in [0.05, 0.1) is 6.33 Å². The van der Waals surface area contributed by atoms with Gasteiger partial charge in [-0.1, -0.05) is 56.3 Å². The number of nitrogens with zero attached hydrogens (tertiary/aromatic N) is 2. The van der Waals surface area contributed by atoms with Gasteiger partial charge in [0.25, 0.3) is 0 Å². The number of imidazole rings is 1. The molecule has 0 aliphatic carbocycles. The SMILES string of the molecule is COCNC(=O)OC(C(Oc1ccc(-c2ccccc2)cc1)n1ccnc1)C(C)(C)COC(C)=O. The second-order valence-electron chi connectivity index (χ2n) is 8.61. The summed E-state index contributed by atoms with van der Waals surface area (Å²) >= 11 is 0. The number of nitrogens with one attached hydrogen (secondary N) is 1. The summed E-state index contributed by atoms with van der Waals surface area (Å²) in [4.78, 5) is 28.2. The summed E-state index contributed by atoms with van der Waals surface area (Å²) < 4.78 is 24.0. The molecular weight excluding hydrogens is 450 g/mol. The van der Waals surface area contributed by atoms with E-state index in [0.29, 0.717) is 5.75 Å². The van der Waals surface area contributed by atoms with Crippen LogP contribution < -0.4 is 10.1 Å². The Hall–Kier alpha value is -3.85. The molecule has 1 aromatic heterocycles. The molecule has 1 heterocycles. The molecule has 9 nitrogen and oxygen atoms in total. The van der Waals surface area contributed by atoms with E-state index in [9.17, 15) is 9.59 Å². The van der Waals surface area contributed by atoms with Crippen LogP contribution in [0.15, 0.2) is 73.3 Å². The van der Waals surface area contributed by atoms with Crippen LogP contribution in [0.5, 0.6) is 5.75 Å². The van der Waals surface area contributed by atoms with Crippen molar-refractivity contribution >= 4 is 12.1 Å². The monoisotopic (exact) mass is 481 g/mol. The molecule has 1 amide bonds. The van der Waals surface area contributed by atoms with E-state index >= 15 is 0 Å². The van der Waals surface area contributed by atoms with E-state index in [4.69, 9.17) is 18.9 Å². The van der Waals surface area contributed by atoms with Gasteiger partial charge in [0.1, 0.15) is 19.1 Å². The summed E-state index contributed by atoms with van der Waals surface area (Å²) in [6.45, 7) is 4.97. The molecule has 0 fully saturated rings. The topological polar surface area (TPSA) is 101 Å². The summed E-state index contributed by atoms with van der Waals surface area (Å²) in [6.07, 6.45) is 2.53. The van der Waals surface area contributed by atoms with Crippen molar-refractivity contribution in [1.29, 1.82) is 0 Å².